The molecule has 0 saturated heterocycles. The number of hydrogen-bond donors (Lipinski definition) is 0. The van der Waals surface area contributed by atoms with Crippen LogP contribution in [0.3, 0.4) is 0 Å². The zero-order valence-electron chi connectivity index (χ0n) is 18.6. The van der Waals surface area contributed by atoms with Crippen LogP contribution in [0.15, 0.2) is 12.7 Å². The highest BCUT2D eigenvalue weighted by atomic mass is 16.6. The molecule has 3 atom stereocenters. The number of hydrogen-bond acceptors (Lipinski definition) is 6. The fourth-order valence-corrected chi connectivity index (χ4v) is 2.29. The topological polar surface area (TPSA) is 96.5 Å². The van der Waals surface area contributed by atoms with E-state index in [1.165, 1.54) is 37.0 Å². The number of ether oxygens (including phenoxy) is 2. The molecule has 0 aromatic rings. The van der Waals surface area contributed by atoms with Gasteiger partial charge in [0.25, 0.3) is 0 Å². The first kappa shape index (κ1) is 26.4. The molecule has 0 aliphatic rings. The number of esters is 1. The summed E-state index contributed by atoms with van der Waals surface area (Å²) in [5.74, 6) is -1.34. The molecule has 0 aliphatic carbocycles. The molecule has 0 saturated carbocycles. The van der Waals surface area contributed by atoms with Gasteiger partial charge in [0.2, 0.25) is 11.8 Å². The lowest BCUT2D eigenvalue weighted by molar-refractivity contribution is -0.156. The number of nitrogens with zero attached hydrogens (tertiary/aromatic N) is 3. The number of carbonyl (C=O) groups is 4. The van der Waals surface area contributed by atoms with Crippen LogP contribution in [0.1, 0.15) is 40.5 Å². The normalized spacial score (nSPS) is 13.5. The van der Waals surface area contributed by atoms with Crippen molar-refractivity contribution in [2.75, 3.05) is 34.4 Å². The Labute approximate surface area is 173 Å². The van der Waals surface area contributed by atoms with Crippen molar-refractivity contribution in [2.24, 2.45) is 0 Å². The molecule has 0 aliphatic heterocycles. The smallest absolute Gasteiger partial charge is 0.410 e. The molecular formula is C20H35N3O6. The Kier molecular flexibility index (Phi) is 11.7. The lowest BCUT2D eigenvalue weighted by Gasteiger charge is -2.33. The molecule has 9 heteroatoms. The van der Waals surface area contributed by atoms with Crippen LogP contribution in [0.25, 0.3) is 0 Å². The van der Waals surface area contributed by atoms with Gasteiger partial charge in [0, 0.05) is 21.1 Å². The minimum atomic E-state index is -0.839. The largest absolute Gasteiger partial charge is 0.464 e. The van der Waals surface area contributed by atoms with E-state index >= 15 is 0 Å². The predicted molar refractivity (Wildman–Crippen MR) is 109 cm³/mol. The lowest BCUT2D eigenvalue weighted by atomic mass is 10.2. The van der Waals surface area contributed by atoms with E-state index in [4.69, 9.17) is 9.47 Å². The maximum Gasteiger partial charge on any atom is 0.410 e. The van der Waals surface area contributed by atoms with Gasteiger partial charge in [-0.3, -0.25) is 14.5 Å². The van der Waals surface area contributed by atoms with Crippen LogP contribution in [0.5, 0.6) is 0 Å². The van der Waals surface area contributed by atoms with Crippen LogP contribution in [0.2, 0.25) is 0 Å². The molecular weight excluding hydrogens is 378 g/mol. The predicted octanol–water partition coefficient (Wildman–Crippen LogP) is 1.67. The van der Waals surface area contributed by atoms with Crippen molar-refractivity contribution in [3.8, 4) is 0 Å². The Morgan fingerprint density at radius 1 is 0.862 bits per heavy atom. The minimum absolute atomic E-state index is 0.0336. The molecule has 3 unspecified atom stereocenters. The molecule has 0 rings (SSSR count). The number of unbranched alkanes of at least 4 members (excludes halogenated alkanes) is 1. The van der Waals surface area contributed by atoms with Gasteiger partial charge in [0.15, 0.2) is 0 Å². The number of carbonyl (C=O) groups excluding carboxylic acids is 4. The molecule has 9 nitrogen and oxygen atoms in total. The second kappa shape index (κ2) is 12.8. The first-order valence-corrected chi connectivity index (χ1v) is 9.71. The van der Waals surface area contributed by atoms with Gasteiger partial charge in [-0.25, -0.2) is 9.59 Å². The standard InChI is InChI=1S/C20H35N3O6/c1-9-11-13-28-19(26)16(5)22(7)17(24)14(3)21(6)18(25)15(4)23(8)20(27)29-12-10-2/h10,14-16H,2,9,11-13H2,1,3-8H3. The molecule has 0 radical (unpaired) electrons. The molecule has 0 fully saturated rings. The van der Waals surface area contributed by atoms with E-state index in [2.05, 4.69) is 6.58 Å². The Hall–Kier alpha value is -2.58. The monoisotopic (exact) mass is 413 g/mol. The average molecular weight is 414 g/mol. The van der Waals surface area contributed by atoms with E-state index in [-0.39, 0.29) is 6.61 Å². The summed E-state index contributed by atoms with van der Waals surface area (Å²) in [5.41, 5.74) is 0. The van der Waals surface area contributed by atoms with E-state index < -0.39 is 42.0 Å². The van der Waals surface area contributed by atoms with Crippen molar-refractivity contribution in [3.63, 3.8) is 0 Å². The summed E-state index contributed by atoms with van der Waals surface area (Å²) in [7, 11) is 4.41. The molecule has 3 amide bonds. The van der Waals surface area contributed by atoms with Crippen molar-refractivity contribution in [1.29, 1.82) is 0 Å². The van der Waals surface area contributed by atoms with Crippen LogP contribution in [0, 0.1) is 0 Å². The van der Waals surface area contributed by atoms with Crippen molar-refractivity contribution < 1.29 is 28.7 Å². The van der Waals surface area contributed by atoms with Gasteiger partial charge in [-0.1, -0.05) is 26.0 Å². The molecule has 166 valence electrons. The summed E-state index contributed by atoms with van der Waals surface area (Å²) in [6.07, 6.45) is 2.41. The first-order valence-electron chi connectivity index (χ1n) is 9.71. The second-order valence-corrected chi connectivity index (χ2v) is 6.92. The summed E-state index contributed by atoms with van der Waals surface area (Å²) < 4.78 is 10.1. The molecule has 0 aromatic heterocycles. The lowest BCUT2D eigenvalue weighted by Crippen LogP contribution is -2.54. The highest BCUT2D eigenvalue weighted by Crippen LogP contribution is 2.10. The Balaban J connectivity index is 4.97. The van der Waals surface area contributed by atoms with E-state index in [0.717, 1.165) is 17.7 Å². The van der Waals surface area contributed by atoms with Gasteiger partial charge in [-0.15, -0.1) is 0 Å². The second-order valence-electron chi connectivity index (χ2n) is 6.92. The third kappa shape index (κ3) is 7.75. The van der Waals surface area contributed by atoms with Gasteiger partial charge in [-0.05, 0) is 27.2 Å². The van der Waals surface area contributed by atoms with Gasteiger partial charge in [0.05, 0.1) is 6.61 Å². The fraction of sp³-hybridized carbons (Fsp3) is 0.700. The van der Waals surface area contributed by atoms with E-state index in [9.17, 15) is 19.2 Å². The third-order valence-electron chi connectivity index (χ3n) is 4.85. The Morgan fingerprint density at radius 3 is 1.83 bits per heavy atom. The molecule has 0 spiro atoms. The zero-order valence-corrected chi connectivity index (χ0v) is 18.6. The van der Waals surface area contributed by atoms with Gasteiger partial charge < -0.3 is 19.3 Å². The van der Waals surface area contributed by atoms with Crippen LogP contribution in [0.4, 0.5) is 4.79 Å². The Bertz CT molecular complexity index is 595. The fourth-order valence-electron chi connectivity index (χ4n) is 2.29. The molecule has 29 heavy (non-hydrogen) atoms. The number of likely N-dealkylation sites (N-methyl/N-ethyl adjacent to an activating group) is 3. The van der Waals surface area contributed by atoms with E-state index in [0.29, 0.717) is 6.61 Å². The maximum absolute atomic E-state index is 12.7. The summed E-state index contributed by atoms with van der Waals surface area (Å²) in [6.45, 7) is 10.5. The Morgan fingerprint density at radius 2 is 1.34 bits per heavy atom. The summed E-state index contributed by atoms with van der Waals surface area (Å²) >= 11 is 0. The molecule has 0 heterocycles. The highest BCUT2D eigenvalue weighted by Gasteiger charge is 2.34. The molecule has 0 aromatic carbocycles. The van der Waals surface area contributed by atoms with Crippen LogP contribution in [-0.4, -0.2) is 91.1 Å². The van der Waals surface area contributed by atoms with E-state index in [1.807, 2.05) is 6.92 Å². The molecule has 0 N–H and O–H groups in total. The number of rotatable bonds is 11. The van der Waals surface area contributed by atoms with Crippen molar-refractivity contribution >= 4 is 23.9 Å². The quantitative estimate of drug-likeness (QED) is 0.290. The number of amides is 3. The zero-order chi connectivity index (χ0) is 22.7. The highest BCUT2D eigenvalue weighted by molar-refractivity contribution is 5.92. The summed E-state index contributed by atoms with van der Waals surface area (Å²) in [5, 5.41) is 0. The first-order chi connectivity index (χ1) is 13.5. The minimum Gasteiger partial charge on any atom is -0.464 e. The van der Waals surface area contributed by atoms with Crippen LogP contribution >= 0.6 is 0 Å². The van der Waals surface area contributed by atoms with E-state index in [1.54, 1.807) is 20.8 Å². The maximum atomic E-state index is 12.7. The SMILES string of the molecule is C=CCOC(=O)N(C)C(C)C(=O)N(C)C(C)C(=O)N(C)C(C)C(=O)OCCCC. The van der Waals surface area contributed by atoms with Crippen molar-refractivity contribution in [1.82, 2.24) is 14.7 Å². The summed E-state index contributed by atoms with van der Waals surface area (Å²) in [4.78, 5) is 53.1. The van der Waals surface area contributed by atoms with Crippen molar-refractivity contribution in [3.05, 3.63) is 12.7 Å². The van der Waals surface area contributed by atoms with Crippen LogP contribution < -0.4 is 0 Å². The average Bonchev–Trinajstić information content (AvgIpc) is 2.72. The van der Waals surface area contributed by atoms with Crippen LogP contribution in [-0.2, 0) is 23.9 Å². The molecule has 0 bridgehead atoms. The van der Waals surface area contributed by atoms with Gasteiger partial charge in [-0.2, -0.15) is 0 Å². The van der Waals surface area contributed by atoms with Gasteiger partial charge in [0.1, 0.15) is 24.7 Å². The van der Waals surface area contributed by atoms with Gasteiger partial charge >= 0.3 is 12.1 Å². The van der Waals surface area contributed by atoms with Crippen molar-refractivity contribution in [2.45, 2.75) is 58.7 Å². The summed E-state index contributed by atoms with van der Waals surface area (Å²) in [6, 6.07) is -2.45. The third-order valence-corrected chi connectivity index (χ3v) is 4.85.